The molecule has 1 aliphatic heterocycles. The van der Waals surface area contributed by atoms with E-state index in [4.69, 9.17) is 9.84 Å². The number of nitrogens with zero attached hydrogens (tertiary/aromatic N) is 3. The lowest BCUT2D eigenvalue weighted by Gasteiger charge is -2.36. The number of hydrogen-bond acceptors (Lipinski definition) is 6. The molecule has 0 aromatic heterocycles. The summed E-state index contributed by atoms with van der Waals surface area (Å²) >= 11 is 0. The number of piperazine rings is 1. The summed E-state index contributed by atoms with van der Waals surface area (Å²) in [6, 6.07) is 15.5. The van der Waals surface area contributed by atoms with Gasteiger partial charge in [0.15, 0.2) is 0 Å². The summed E-state index contributed by atoms with van der Waals surface area (Å²) in [5.41, 5.74) is 4.56. The zero-order valence-corrected chi connectivity index (χ0v) is 20.1. The number of rotatable bonds is 8. The summed E-state index contributed by atoms with van der Waals surface area (Å²) < 4.78 is 5.64. The van der Waals surface area contributed by atoms with Gasteiger partial charge in [-0.2, -0.15) is 0 Å². The van der Waals surface area contributed by atoms with Gasteiger partial charge in [-0.05, 0) is 36.3 Å². The number of likely N-dealkylation sites (N-methyl/N-ethyl adjacent to an activating group) is 1. The SMILES string of the molecule is CN(C)C[C@H](NC(=O)OCC1c2ccccc2-c2ccccc21)C(=O)N1CCN(CC(=O)O)CC1. The van der Waals surface area contributed by atoms with E-state index < -0.39 is 18.1 Å². The van der Waals surface area contributed by atoms with E-state index in [1.165, 1.54) is 0 Å². The Morgan fingerprint density at radius 3 is 2.11 bits per heavy atom. The summed E-state index contributed by atoms with van der Waals surface area (Å²) in [4.78, 5) is 42.2. The minimum atomic E-state index is -0.882. The van der Waals surface area contributed by atoms with Gasteiger partial charge in [0.1, 0.15) is 12.6 Å². The van der Waals surface area contributed by atoms with Crippen LogP contribution in [0.1, 0.15) is 17.0 Å². The van der Waals surface area contributed by atoms with Crippen molar-refractivity contribution in [2.75, 3.05) is 60.0 Å². The lowest BCUT2D eigenvalue weighted by Crippen LogP contribution is -2.57. The first-order valence-corrected chi connectivity index (χ1v) is 11.8. The van der Waals surface area contributed by atoms with Crippen LogP contribution in [0.2, 0.25) is 0 Å². The molecular weight excluding hydrogens is 448 g/mol. The Morgan fingerprint density at radius 2 is 1.57 bits per heavy atom. The Bertz CT molecular complexity index is 1040. The van der Waals surface area contributed by atoms with E-state index in [0.29, 0.717) is 32.7 Å². The molecule has 2 N–H and O–H groups in total. The first kappa shape index (κ1) is 24.7. The minimum absolute atomic E-state index is 0.0405. The molecule has 1 saturated heterocycles. The molecule has 1 aliphatic carbocycles. The molecule has 2 amide bonds. The van der Waals surface area contributed by atoms with E-state index in [1.807, 2.05) is 43.3 Å². The molecule has 1 heterocycles. The van der Waals surface area contributed by atoms with Gasteiger partial charge >= 0.3 is 12.1 Å². The summed E-state index contributed by atoms with van der Waals surface area (Å²) in [5, 5.41) is 11.7. The van der Waals surface area contributed by atoms with Crippen molar-refractivity contribution in [3.63, 3.8) is 0 Å². The quantitative estimate of drug-likeness (QED) is 0.593. The predicted octanol–water partition coefficient (Wildman–Crippen LogP) is 1.68. The Hall–Kier alpha value is -3.43. The number of fused-ring (bicyclic) bond motifs is 3. The molecule has 2 aliphatic rings. The molecule has 0 unspecified atom stereocenters. The van der Waals surface area contributed by atoms with Gasteiger partial charge < -0.3 is 25.0 Å². The number of ether oxygens (including phenoxy) is 1. The number of hydrogen-bond donors (Lipinski definition) is 2. The van der Waals surface area contributed by atoms with Crippen LogP contribution in [-0.4, -0.2) is 104 Å². The van der Waals surface area contributed by atoms with E-state index in [0.717, 1.165) is 22.3 Å². The molecule has 0 saturated carbocycles. The van der Waals surface area contributed by atoms with Crippen molar-refractivity contribution in [3.8, 4) is 11.1 Å². The maximum atomic E-state index is 13.2. The maximum Gasteiger partial charge on any atom is 0.407 e. The van der Waals surface area contributed by atoms with Crippen molar-refractivity contribution in [2.45, 2.75) is 12.0 Å². The highest BCUT2D eigenvalue weighted by Gasteiger charge is 2.32. The molecule has 9 nitrogen and oxygen atoms in total. The number of carbonyl (C=O) groups is 3. The first-order valence-electron chi connectivity index (χ1n) is 11.8. The predicted molar refractivity (Wildman–Crippen MR) is 131 cm³/mol. The number of amides is 2. The fourth-order valence-corrected chi connectivity index (χ4v) is 4.87. The van der Waals surface area contributed by atoms with Gasteiger partial charge in [0, 0.05) is 38.6 Å². The van der Waals surface area contributed by atoms with Crippen molar-refractivity contribution in [3.05, 3.63) is 59.7 Å². The number of carboxylic acid groups (broad SMARTS) is 1. The fraction of sp³-hybridized carbons (Fsp3) is 0.423. The number of aliphatic carboxylic acids is 1. The number of nitrogens with one attached hydrogen (secondary N) is 1. The Balaban J connectivity index is 1.37. The minimum Gasteiger partial charge on any atom is -0.480 e. The van der Waals surface area contributed by atoms with Crippen LogP contribution < -0.4 is 5.32 Å². The van der Waals surface area contributed by atoms with Gasteiger partial charge in [-0.1, -0.05) is 48.5 Å². The number of carbonyl (C=O) groups excluding carboxylic acids is 2. The largest absolute Gasteiger partial charge is 0.480 e. The fourth-order valence-electron chi connectivity index (χ4n) is 4.87. The second-order valence-electron chi connectivity index (χ2n) is 9.28. The van der Waals surface area contributed by atoms with Crippen molar-refractivity contribution >= 4 is 18.0 Å². The highest BCUT2D eigenvalue weighted by atomic mass is 16.5. The monoisotopic (exact) mass is 480 g/mol. The topological polar surface area (TPSA) is 102 Å². The van der Waals surface area contributed by atoms with Crippen molar-refractivity contribution < 1.29 is 24.2 Å². The van der Waals surface area contributed by atoms with Crippen molar-refractivity contribution in [1.29, 1.82) is 0 Å². The van der Waals surface area contributed by atoms with Gasteiger partial charge in [-0.15, -0.1) is 0 Å². The lowest BCUT2D eigenvalue weighted by atomic mass is 9.98. The third kappa shape index (κ3) is 5.80. The molecule has 0 spiro atoms. The van der Waals surface area contributed by atoms with Gasteiger partial charge in [0.25, 0.3) is 0 Å². The average molecular weight is 481 g/mol. The smallest absolute Gasteiger partial charge is 0.407 e. The average Bonchev–Trinajstić information content (AvgIpc) is 3.15. The molecule has 186 valence electrons. The van der Waals surface area contributed by atoms with Gasteiger partial charge in [-0.3, -0.25) is 14.5 Å². The lowest BCUT2D eigenvalue weighted by molar-refractivity contribution is -0.140. The molecule has 1 fully saturated rings. The molecular formula is C26H32N4O5. The van der Waals surface area contributed by atoms with Gasteiger partial charge in [0.2, 0.25) is 5.91 Å². The van der Waals surface area contributed by atoms with Gasteiger partial charge in [-0.25, -0.2) is 4.79 Å². The summed E-state index contributed by atoms with van der Waals surface area (Å²) in [7, 11) is 3.68. The Morgan fingerprint density at radius 1 is 1.00 bits per heavy atom. The number of alkyl carbamates (subject to hydrolysis) is 1. The van der Waals surface area contributed by atoms with Crippen molar-refractivity contribution in [2.24, 2.45) is 0 Å². The Kier molecular flexibility index (Phi) is 7.67. The maximum absolute atomic E-state index is 13.2. The van der Waals surface area contributed by atoms with E-state index in [-0.39, 0.29) is 25.0 Å². The van der Waals surface area contributed by atoms with Gasteiger partial charge in [0.05, 0.1) is 6.54 Å². The molecule has 2 aromatic rings. The normalized spacial score (nSPS) is 16.5. The Labute approximate surface area is 205 Å². The molecule has 0 bridgehead atoms. The second-order valence-corrected chi connectivity index (χ2v) is 9.28. The van der Waals surface area contributed by atoms with Crippen LogP contribution in [-0.2, 0) is 14.3 Å². The van der Waals surface area contributed by atoms with E-state index in [9.17, 15) is 14.4 Å². The summed E-state index contributed by atoms with van der Waals surface area (Å²) in [6.45, 7) is 2.27. The molecule has 2 aromatic carbocycles. The molecule has 4 rings (SSSR count). The molecule has 9 heteroatoms. The highest BCUT2D eigenvalue weighted by molar-refractivity contribution is 5.86. The van der Waals surface area contributed by atoms with Crippen LogP contribution in [0, 0.1) is 0 Å². The van der Waals surface area contributed by atoms with Crippen LogP contribution in [0.25, 0.3) is 11.1 Å². The molecule has 35 heavy (non-hydrogen) atoms. The molecule has 0 radical (unpaired) electrons. The van der Waals surface area contributed by atoms with Crippen LogP contribution in [0.5, 0.6) is 0 Å². The van der Waals surface area contributed by atoms with Crippen LogP contribution in [0.3, 0.4) is 0 Å². The van der Waals surface area contributed by atoms with Crippen LogP contribution >= 0.6 is 0 Å². The second kappa shape index (κ2) is 10.9. The van der Waals surface area contributed by atoms with Crippen LogP contribution in [0.4, 0.5) is 4.79 Å². The third-order valence-corrected chi connectivity index (χ3v) is 6.52. The molecule has 1 atom stereocenters. The van der Waals surface area contributed by atoms with Crippen molar-refractivity contribution in [1.82, 2.24) is 20.0 Å². The van der Waals surface area contributed by atoms with E-state index >= 15 is 0 Å². The van der Waals surface area contributed by atoms with E-state index in [2.05, 4.69) is 29.6 Å². The highest BCUT2D eigenvalue weighted by Crippen LogP contribution is 2.44. The first-order chi connectivity index (χ1) is 16.8. The summed E-state index contributed by atoms with van der Waals surface area (Å²) in [6.07, 6.45) is -0.628. The number of benzene rings is 2. The zero-order valence-electron chi connectivity index (χ0n) is 20.1. The zero-order chi connectivity index (χ0) is 24.9. The third-order valence-electron chi connectivity index (χ3n) is 6.52. The van der Waals surface area contributed by atoms with Crippen LogP contribution in [0.15, 0.2) is 48.5 Å². The summed E-state index contributed by atoms with van der Waals surface area (Å²) in [5.74, 6) is -1.13. The van der Waals surface area contributed by atoms with E-state index in [1.54, 1.807) is 9.80 Å². The standard InChI is InChI=1S/C26H32N4O5/c1-28(2)15-23(25(33)30-13-11-29(12-14-30)16-24(31)32)27-26(34)35-17-22-20-9-5-3-7-18(20)19-8-4-6-10-21(19)22/h3-10,22-23H,11-17H2,1-2H3,(H,27,34)(H,31,32)/t23-/m0/s1. The number of carboxylic acids is 1.